The number of carbonyl (C=O) groups excluding carboxylic acids is 1. The molecule has 1 N–H and O–H groups in total. The summed E-state index contributed by atoms with van der Waals surface area (Å²) in [6.07, 6.45) is 2.40. The normalized spacial score (nSPS) is 18.8. The molecule has 1 aliphatic heterocycles. The molecule has 1 aliphatic rings. The highest BCUT2D eigenvalue weighted by molar-refractivity contribution is 6.33. The highest BCUT2D eigenvalue weighted by atomic mass is 16.7. The van der Waals surface area contributed by atoms with E-state index in [0.29, 0.717) is 17.9 Å². The van der Waals surface area contributed by atoms with Crippen molar-refractivity contribution >= 4 is 11.8 Å². The van der Waals surface area contributed by atoms with Crippen LogP contribution in [0.1, 0.15) is 24.8 Å². The van der Waals surface area contributed by atoms with Gasteiger partial charge in [0.1, 0.15) is 5.75 Å². The van der Waals surface area contributed by atoms with E-state index in [2.05, 4.69) is 0 Å². The molecule has 0 spiro atoms. The van der Waals surface area contributed by atoms with Crippen LogP contribution in [-0.2, 0) is 20.7 Å². The smallest absolute Gasteiger partial charge is 0.372 e. The summed E-state index contributed by atoms with van der Waals surface area (Å²) in [6, 6.07) is 6.95. The SMILES string of the molecule is O=C(O)C(=O)Cc1ccccc1OC1CCCCO1. The maximum atomic E-state index is 11.3. The summed E-state index contributed by atoms with van der Waals surface area (Å²) in [5.41, 5.74) is 0.573. The van der Waals surface area contributed by atoms with E-state index in [1.54, 1.807) is 24.3 Å². The van der Waals surface area contributed by atoms with Crippen LogP contribution in [0.25, 0.3) is 0 Å². The van der Waals surface area contributed by atoms with Gasteiger partial charge in [-0.1, -0.05) is 18.2 Å². The van der Waals surface area contributed by atoms with Crippen molar-refractivity contribution in [1.82, 2.24) is 0 Å². The average molecular weight is 264 g/mol. The van der Waals surface area contributed by atoms with Crippen LogP contribution >= 0.6 is 0 Å². The van der Waals surface area contributed by atoms with Crippen molar-refractivity contribution in [1.29, 1.82) is 0 Å². The third kappa shape index (κ3) is 3.79. The second kappa shape index (κ2) is 6.33. The van der Waals surface area contributed by atoms with Crippen molar-refractivity contribution in [3.63, 3.8) is 0 Å². The Morgan fingerprint density at radius 1 is 1.32 bits per heavy atom. The minimum absolute atomic E-state index is 0.168. The molecule has 0 saturated carbocycles. The van der Waals surface area contributed by atoms with Gasteiger partial charge in [-0.25, -0.2) is 4.79 Å². The maximum Gasteiger partial charge on any atom is 0.372 e. The van der Waals surface area contributed by atoms with Crippen molar-refractivity contribution in [3.05, 3.63) is 29.8 Å². The van der Waals surface area contributed by atoms with Gasteiger partial charge < -0.3 is 14.6 Å². The minimum atomic E-state index is -1.43. The van der Waals surface area contributed by atoms with Gasteiger partial charge in [-0.15, -0.1) is 0 Å². The Hall–Kier alpha value is -1.88. The van der Waals surface area contributed by atoms with Crippen LogP contribution in [0.5, 0.6) is 5.75 Å². The molecule has 0 amide bonds. The van der Waals surface area contributed by atoms with E-state index in [4.69, 9.17) is 14.6 Å². The lowest BCUT2D eigenvalue weighted by atomic mass is 10.1. The van der Waals surface area contributed by atoms with E-state index in [1.165, 1.54) is 0 Å². The van der Waals surface area contributed by atoms with E-state index in [0.717, 1.165) is 19.3 Å². The number of ether oxygens (including phenoxy) is 2. The molecule has 5 heteroatoms. The number of benzene rings is 1. The van der Waals surface area contributed by atoms with E-state index in [1.807, 2.05) is 0 Å². The first-order valence-electron chi connectivity index (χ1n) is 6.29. The zero-order valence-corrected chi connectivity index (χ0v) is 10.5. The van der Waals surface area contributed by atoms with Crippen LogP contribution in [0.2, 0.25) is 0 Å². The number of para-hydroxylation sites is 1. The van der Waals surface area contributed by atoms with Crippen molar-refractivity contribution < 1.29 is 24.2 Å². The number of hydrogen-bond donors (Lipinski definition) is 1. The first-order valence-corrected chi connectivity index (χ1v) is 6.29. The molecule has 0 bridgehead atoms. The lowest BCUT2D eigenvalue weighted by Crippen LogP contribution is -2.25. The molecule has 0 aromatic heterocycles. The Kier molecular flexibility index (Phi) is 4.52. The number of Topliss-reactive ketones (excluding diaryl/α,β-unsaturated/α-hetero) is 1. The van der Waals surface area contributed by atoms with Crippen LogP contribution in [0.4, 0.5) is 0 Å². The molecule has 1 aromatic rings. The summed E-state index contributed by atoms with van der Waals surface area (Å²) in [6.45, 7) is 0.668. The summed E-state index contributed by atoms with van der Waals surface area (Å²) in [4.78, 5) is 21.9. The lowest BCUT2D eigenvalue weighted by molar-refractivity contribution is -0.148. The first kappa shape index (κ1) is 13.5. The predicted octanol–water partition coefficient (Wildman–Crippen LogP) is 1.79. The van der Waals surface area contributed by atoms with E-state index >= 15 is 0 Å². The third-order valence-electron chi connectivity index (χ3n) is 2.96. The first-order chi connectivity index (χ1) is 9.16. The Morgan fingerprint density at radius 3 is 2.79 bits per heavy atom. The van der Waals surface area contributed by atoms with Gasteiger partial charge in [0.15, 0.2) is 6.29 Å². The lowest BCUT2D eigenvalue weighted by Gasteiger charge is -2.24. The van der Waals surface area contributed by atoms with Gasteiger partial charge >= 0.3 is 5.97 Å². The number of carboxylic acids is 1. The summed E-state index contributed by atoms with van der Waals surface area (Å²) < 4.78 is 11.2. The Morgan fingerprint density at radius 2 is 2.11 bits per heavy atom. The summed E-state index contributed by atoms with van der Waals surface area (Å²) >= 11 is 0. The zero-order valence-electron chi connectivity index (χ0n) is 10.5. The highest BCUT2D eigenvalue weighted by Gasteiger charge is 2.19. The van der Waals surface area contributed by atoms with Crippen molar-refractivity contribution in [3.8, 4) is 5.75 Å². The number of hydrogen-bond acceptors (Lipinski definition) is 4. The molecule has 102 valence electrons. The minimum Gasteiger partial charge on any atom is -0.475 e. The molecular formula is C14H16O5. The van der Waals surface area contributed by atoms with Gasteiger partial charge in [0.2, 0.25) is 5.78 Å². The number of carboxylic acid groups (broad SMARTS) is 1. The monoisotopic (exact) mass is 264 g/mol. The van der Waals surface area contributed by atoms with Crippen molar-refractivity contribution in [2.24, 2.45) is 0 Å². The van der Waals surface area contributed by atoms with E-state index in [9.17, 15) is 9.59 Å². The number of rotatable bonds is 5. The molecule has 5 nitrogen and oxygen atoms in total. The highest BCUT2D eigenvalue weighted by Crippen LogP contribution is 2.23. The molecule has 1 unspecified atom stereocenters. The molecule has 1 heterocycles. The van der Waals surface area contributed by atoms with Gasteiger partial charge in [0, 0.05) is 18.4 Å². The fourth-order valence-corrected chi connectivity index (χ4v) is 1.96. The molecule has 0 radical (unpaired) electrons. The van der Waals surface area contributed by atoms with Gasteiger partial charge in [-0.2, -0.15) is 0 Å². The maximum absolute atomic E-state index is 11.3. The molecule has 0 aliphatic carbocycles. The summed E-state index contributed by atoms with van der Waals surface area (Å²) in [5.74, 6) is -1.76. The molecule has 1 fully saturated rings. The topological polar surface area (TPSA) is 72.8 Å². The largest absolute Gasteiger partial charge is 0.475 e. The van der Waals surface area contributed by atoms with Gasteiger partial charge in [-0.05, 0) is 18.9 Å². The number of aliphatic carboxylic acids is 1. The quantitative estimate of drug-likeness (QED) is 0.821. The van der Waals surface area contributed by atoms with Gasteiger partial charge in [0.25, 0.3) is 0 Å². The van der Waals surface area contributed by atoms with Crippen molar-refractivity contribution in [2.75, 3.05) is 6.61 Å². The Labute approximate surface area is 111 Å². The number of carbonyl (C=O) groups is 2. The van der Waals surface area contributed by atoms with Crippen molar-refractivity contribution in [2.45, 2.75) is 32.0 Å². The summed E-state index contributed by atoms with van der Waals surface area (Å²) in [5, 5.41) is 8.64. The summed E-state index contributed by atoms with van der Waals surface area (Å²) in [7, 11) is 0. The molecule has 2 rings (SSSR count). The van der Waals surface area contributed by atoms with Gasteiger partial charge in [0.05, 0.1) is 6.61 Å². The van der Waals surface area contributed by atoms with Crippen LogP contribution in [-0.4, -0.2) is 29.8 Å². The molecule has 1 atom stereocenters. The standard InChI is InChI=1S/C14H16O5/c15-11(14(16)17)9-10-5-1-2-6-12(10)19-13-7-3-4-8-18-13/h1-2,5-6,13H,3-4,7-9H2,(H,16,17). The van der Waals surface area contributed by atoms with Crippen LogP contribution in [0.3, 0.4) is 0 Å². The second-order valence-electron chi connectivity index (χ2n) is 4.43. The van der Waals surface area contributed by atoms with Crippen LogP contribution in [0.15, 0.2) is 24.3 Å². The van der Waals surface area contributed by atoms with Crippen LogP contribution < -0.4 is 4.74 Å². The van der Waals surface area contributed by atoms with E-state index in [-0.39, 0.29) is 12.7 Å². The molecule has 19 heavy (non-hydrogen) atoms. The molecule has 1 saturated heterocycles. The van der Waals surface area contributed by atoms with Gasteiger partial charge in [-0.3, -0.25) is 4.79 Å². The Bertz CT molecular complexity index is 463. The molecular weight excluding hydrogens is 248 g/mol. The number of ketones is 1. The molecule has 1 aromatic carbocycles. The third-order valence-corrected chi connectivity index (χ3v) is 2.96. The predicted molar refractivity (Wildman–Crippen MR) is 67.0 cm³/mol. The second-order valence-corrected chi connectivity index (χ2v) is 4.43. The fourth-order valence-electron chi connectivity index (χ4n) is 1.96. The zero-order chi connectivity index (χ0) is 13.7. The van der Waals surface area contributed by atoms with Crippen LogP contribution in [0, 0.1) is 0 Å². The Balaban J connectivity index is 2.07. The average Bonchev–Trinajstić information content (AvgIpc) is 2.42. The van der Waals surface area contributed by atoms with E-state index < -0.39 is 11.8 Å². The fraction of sp³-hybridized carbons (Fsp3) is 0.429.